The predicted octanol–water partition coefficient (Wildman–Crippen LogP) is 2.86. The number of carbonyl (C=O) groups excluding carboxylic acids is 1. The molecule has 0 N–H and O–H groups in total. The Labute approximate surface area is 91.4 Å². The van der Waals surface area contributed by atoms with E-state index in [0.29, 0.717) is 5.69 Å². The summed E-state index contributed by atoms with van der Waals surface area (Å²) in [5.41, 5.74) is 0.712. The molecule has 1 aromatic carbocycles. The van der Waals surface area contributed by atoms with Crippen molar-refractivity contribution in [2.75, 3.05) is 0 Å². The van der Waals surface area contributed by atoms with Crippen molar-refractivity contribution in [3.63, 3.8) is 0 Å². The van der Waals surface area contributed by atoms with Crippen molar-refractivity contribution in [1.29, 1.82) is 0 Å². The topological polar surface area (TPSA) is 29.4 Å². The summed E-state index contributed by atoms with van der Waals surface area (Å²) >= 11 is 4.26. The van der Waals surface area contributed by atoms with E-state index in [9.17, 15) is 4.79 Å². The van der Waals surface area contributed by atoms with Crippen molar-refractivity contribution in [3.8, 4) is 0 Å². The maximum Gasteiger partial charge on any atom is 0.240 e. The van der Waals surface area contributed by atoms with E-state index in [1.165, 1.54) is 6.08 Å². The van der Waals surface area contributed by atoms with Crippen molar-refractivity contribution in [3.05, 3.63) is 25.3 Å². The Morgan fingerprint density at radius 1 is 1.27 bits per heavy atom. The van der Waals surface area contributed by atoms with E-state index in [1.54, 1.807) is 0 Å². The van der Waals surface area contributed by atoms with Crippen LogP contribution in [0.5, 0.6) is 0 Å². The molecule has 1 rings (SSSR count). The van der Waals surface area contributed by atoms with Gasteiger partial charge in [-0.25, -0.2) is 4.79 Å². The van der Waals surface area contributed by atoms with Gasteiger partial charge in [-0.2, -0.15) is 4.99 Å². The number of para-hydroxylation sites is 1. The summed E-state index contributed by atoms with van der Waals surface area (Å²) in [5.74, 6) is 0. The molecule has 2 nitrogen and oxygen atoms in total. The van der Waals surface area contributed by atoms with Crippen LogP contribution in [0.1, 0.15) is 0 Å². The molecule has 11 heavy (non-hydrogen) atoms. The summed E-state index contributed by atoms with van der Waals surface area (Å²) < 4.78 is 1.94. The van der Waals surface area contributed by atoms with E-state index in [0.717, 1.165) is 7.14 Å². The Hall–Kier alpha value is 0.0600. The Kier molecular flexibility index (Phi) is 3.47. The van der Waals surface area contributed by atoms with Gasteiger partial charge in [-0.15, -0.1) is 0 Å². The molecule has 0 aliphatic carbocycles. The van der Waals surface area contributed by atoms with Gasteiger partial charge in [0.2, 0.25) is 6.08 Å². The fraction of sp³-hybridized carbons (Fsp3) is 0. The van der Waals surface area contributed by atoms with Crippen LogP contribution in [0, 0.1) is 7.14 Å². The maximum atomic E-state index is 9.98. The summed E-state index contributed by atoms with van der Waals surface area (Å²) in [6, 6.07) is 5.73. The molecule has 0 fully saturated rings. The molecular weight excluding hydrogens is 368 g/mol. The van der Waals surface area contributed by atoms with Gasteiger partial charge in [-0.05, 0) is 57.3 Å². The Morgan fingerprint density at radius 3 is 2.27 bits per heavy atom. The number of rotatable bonds is 1. The van der Waals surface area contributed by atoms with Crippen LogP contribution in [0.4, 0.5) is 5.69 Å². The molecule has 0 bridgehead atoms. The van der Waals surface area contributed by atoms with E-state index in [-0.39, 0.29) is 0 Å². The SMILES string of the molecule is O=C=Nc1c(I)cccc1I. The molecule has 0 atom stereocenters. The average Bonchev–Trinajstić information content (AvgIpc) is 1.97. The molecule has 0 saturated carbocycles. The first-order valence-electron chi connectivity index (χ1n) is 2.77. The molecule has 0 aliphatic rings. The zero-order chi connectivity index (χ0) is 8.27. The Bertz CT molecular complexity index is 298. The third kappa shape index (κ3) is 2.25. The number of isocyanates is 1. The molecule has 4 heteroatoms. The highest BCUT2D eigenvalue weighted by molar-refractivity contribution is 14.1. The lowest BCUT2D eigenvalue weighted by atomic mass is 10.3. The second kappa shape index (κ2) is 4.18. The summed E-state index contributed by atoms with van der Waals surface area (Å²) in [5, 5.41) is 0. The fourth-order valence-electron chi connectivity index (χ4n) is 0.641. The molecule has 0 aliphatic heterocycles. The maximum absolute atomic E-state index is 9.98. The van der Waals surface area contributed by atoms with E-state index in [2.05, 4.69) is 50.2 Å². The second-order valence-corrected chi connectivity index (χ2v) is 4.10. The van der Waals surface area contributed by atoms with Crippen LogP contribution in [0.2, 0.25) is 0 Å². The van der Waals surface area contributed by atoms with E-state index in [1.807, 2.05) is 18.2 Å². The van der Waals surface area contributed by atoms with Crippen LogP contribution in [-0.4, -0.2) is 6.08 Å². The first kappa shape index (κ1) is 9.15. The first-order chi connectivity index (χ1) is 5.25. The zero-order valence-electron chi connectivity index (χ0n) is 5.34. The van der Waals surface area contributed by atoms with Crippen LogP contribution in [-0.2, 0) is 4.79 Å². The number of hydrogen-bond acceptors (Lipinski definition) is 2. The van der Waals surface area contributed by atoms with Crippen molar-refractivity contribution in [2.24, 2.45) is 4.99 Å². The predicted molar refractivity (Wildman–Crippen MR) is 59.7 cm³/mol. The molecule has 0 spiro atoms. The van der Waals surface area contributed by atoms with E-state index >= 15 is 0 Å². The van der Waals surface area contributed by atoms with Crippen molar-refractivity contribution in [2.45, 2.75) is 0 Å². The largest absolute Gasteiger partial charge is 0.240 e. The van der Waals surface area contributed by atoms with Crippen molar-refractivity contribution < 1.29 is 4.79 Å². The van der Waals surface area contributed by atoms with Crippen LogP contribution < -0.4 is 0 Å². The minimum absolute atomic E-state index is 0.712. The quantitative estimate of drug-likeness (QED) is 0.424. The van der Waals surface area contributed by atoms with Crippen LogP contribution in [0.3, 0.4) is 0 Å². The highest BCUT2D eigenvalue weighted by Crippen LogP contribution is 2.26. The Morgan fingerprint density at radius 2 is 1.82 bits per heavy atom. The normalized spacial score (nSPS) is 8.91. The van der Waals surface area contributed by atoms with Gasteiger partial charge in [0.1, 0.15) is 5.69 Å². The van der Waals surface area contributed by atoms with E-state index < -0.39 is 0 Å². The molecule has 0 aromatic heterocycles. The first-order valence-corrected chi connectivity index (χ1v) is 4.93. The summed E-state index contributed by atoms with van der Waals surface area (Å²) in [6.45, 7) is 0. The van der Waals surface area contributed by atoms with E-state index in [4.69, 9.17) is 0 Å². The lowest BCUT2D eigenvalue weighted by Gasteiger charge is -1.96. The molecule has 1 aromatic rings. The monoisotopic (exact) mass is 371 g/mol. The van der Waals surface area contributed by atoms with Crippen LogP contribution >= 0.6 is 45.2 Å². The standard InChI is InChI=1S/C7H3I2NO/c8-5-2-1-3-6(9)7(5)10-4-11/h1-3H. The number of aliphatic imine (C=N–C) groups is 1. The molecular formula is C7H3I2NO. The molecule has 0 saturated heterocycles. The highest BCUT2D eigenvalue weighted by atomic mass is 127. The lowest BCUT2D eigenvalue weighted by molar-refractivity contribution is 0.565. The van der Waals surface area contributed by atoms with Gasteiger partial charge in [0.05, 0.1) is 0 Å². The minimum Gasteiger partial charge on any atom is -0.211 e. The molecule has 0 heterocycles. The lowest BCUT2D eigenvalue weighted by Crippen LogP contribution is -1.76. The smallest absolute Gasteiger partial charge is 0.211 e. The number of benzene rings is 1. The third-order valence-electron chi connectivity index (χ3n) is 1.09. The molecule has 0 radical (unpaired) electrons. The zero-order valence-corrected chi connectivity index (χ0v) is 9.66. The van der Waals surface area contributed by atoms with Gasteiger partial charge in [0.25, 0.3) is 0 Å². The third-order valence-corrected chi connectivity index (χ3v) is 2.84. The van der Waals surface area contributed by atoms with Gasteiger partial charge in [0, 0.05) is 7.14 Å². The average molecular weight is 371 g/mol. The van der Waals surface area contributed by atoms with Crippen molar-refractivity contribution >= 4 is 56.9 Å². The molecule has 0 unspecified atom stereocenters. The van der Waals surface area contributed by atoms with Gasteiger partial charge < -0.3 is 0 Å². The Balaban J connectivity index is 3.31. The molecule has 56 valence electrons. The summed E-state index contributed by atoms with van der Waals surface area (Å²) in [7, 11) is 0. The number of nitrogens with zero attached hydrogens (tertiary/aromatic N) is 1. The fourth-order valence-corrected chi connectivity index (χ4v) is 2.40. The van der Waals surface area contributed by atoms with Crippen LogP contribution in [0.25, 0.3) is 0 Å². The summed E-state index contributed by atoms with van der Waals surface area (Å²) in [6.07, 6.45) is 1.53. The van der Waals surface area contributed by atoms with Gasteiger partial charge in [-0.1, -0.05) is 6.07 Å². The van der Waals surface area contributed by atoms with Gasteiger partial charge >= 0.3 is 0 Å². The van der Waals surface area contributed by atoms with Gasteiger partial charge in [-0.3, -0.25) is 0 Å². The van der Waals surface area contributed by atoms with Crippen molar-refractivity contribution in [1.82, 2.24) is 0 Å². The molecule has 0 amide bonds. The second-order valence-electron chi connectivity index (χ2n) is 1.77. The highest BCUT2D eigenvalue weighted by Gasteiger charge is 2.00. The number of halogens is 2. The van der Waals surface area contributed by atoms with Gasteiger partial charge in [0.15, 0.2) is 0 Å². The summed E-state index contributed by atoms with van der Waals surface area (Å²) in [4.78, 5) is 13.6. The minimum atomic E-state index is 0.712. The van der Waals surface area contributed by atoms with Crippen LogP contribution in [0.15, 0.2) is 23.2 Å². The number of hydrogen-bond donors (Lipinski definition) is 0.